The molecule has 0 unspecified atom stereocenters. The van der Waals surface area contributed by atoms with Crippen LogP contribution in [-0.2, 0) is 4.74 Å². The fourth-order valence-electron chi connectivity index (χ4n) is 2.02. The molecule has 1 aliphatic heterocycles. The summed E-state index contributed by atoms with van der Waals surface area (Å²) in [6, 6.07) is 1.81. The number of anilines is 1. The predicted molar refractivity (Wildman–Crippen MR) is 64.0 cm³/mol. The number of halogens is 1. The minimum absolute atomic E-state index is 0.294. The molecule has 2 heterocycles. The summed E-state index contributed by atoms with van der Waals surface area (Å²) in [6.07, 6.45) is 2.53. The molecule has 0 saturated carbocycles. The fourth-order valence-corrected chi connectivity index (χ4v) is 2.24. The van der Waals surface area contributed by atoms with Gasteiger partial charge in [-0.15, -0.1) is 0 Å². The standard InChI is InChI=1S/C11H16ClN3O/c1-8-13-10(12)6-11(14-8)15-5-3-4-9(7-15)16-2/h6,9H,3-5,7H2,1-2H3/t9-/m1/s1. The van der Waals surface area contributed by atoms with Gasteiger partial charge >= 0.3 is 0 Å². The van der Waals surface area contributed by atoms with Gasteiger partial charge in [0.15, 0.2) is 0 Å². The second-order valence-electron chi connectivity index (χ2n) is 4.04. The molecule has 1 atom stereocenters. The molecular weight excluding hydrogens is 226 g/mol. The van der Waals surface area contributed by atoms with Crippen LogP contribution < -0.4 is 4.90 Å². The largest absolute Gasteiger partial charge is 0.380 e. The summed E-state index contributed by atoms with van der Waals surface area (Å²) in [6.45, 7) is 3.74. The Bertz CT molecular complexity index is 352. The third kappa shape index (κ3) is 2.62. The number of ether oxygens (including phenoxy) is 1. The summed E-state index contributed by atoms with van der Waals surface area (Å²) in [5.41, 5.74) is 0. The van der Waals surface area contributed by atoms with E-state index >= 15 is 0 Å². The van der Waals surface area contributed by atoms with Crippen LogP contribution in [-0.4, -0.2) is 36.3 Å². The molecule has 5 heteroatoms. The number of aryl methyl sites for hydroxylation is 1. The Morgan fingerprint density at radius 1 is 1.50 bits per heavy atom. The highest BCUT2D eigenvalue weighted by atomic mass is 35.5. The minimum atomic E-state index is 0.294. The van der Waals surface area contributed by atoms with E-state index in [1.807, 2.05) is 13.0 Å². The topological polar surface area (TPSA) is 38.2 Å². The smallest absolute Gasteiger partial charge is 0.134 e. The van der Waals surface area contributed by atoms with Gasteiger partial charge in [0.2, 0.25) is 0 Å². The second-order valence-corrected chi connectivity index (χ2v) is 4.43. The van der Waals surface area contributed by atoms with Crippen LogP contribution in [0.4, 0.5) is 5.82 Å². The Balaban J connectivity index is 2.16. The van der Waals surface area contributed by atoms with E-state index in [9.17, 15) is 0 Å². The van der Waals surface area contributed by atoms with Gasteiger partial charge < -0.3 is 9.64 Å². The SMILES string of the molecule is CO[C@@H]1CCCN(c2cc(Cl)nc(C)n2)C1. The molecule has 1 fully saturated rings. The lowest BCUT2D eigenvalue weighted by molar-refractivity contribution is 0.0891. The molecule has 0 radical (unpaired) electrons. The Labute approximate surface area is 101 Å². The Morgan fingerprint density at radius 3 is 3.00 bits per heavy atom. The minimum Gasteiger partial charge on any atom is -0.380 e. The first-order valence-electron chi connectivity index (χ1n) is 5.48. The van der Waals surface area contributed by atoms with E-state index < -0.39 is 0 Å². The van der Waals surface area contributed by atoms with Crippen molar-refractivity contribution in [3.8, 4) is 0 Å². The van der Waals surface area contributed by atoms with Gasteiger partial charge in [0.25, 0.3) is 0 Å². The van der Waals surface area contributed by atoms with Crippen LogP contribution in [0.25, 0.3) is 0 Å². The first-order chi connectivity index (χ1) is 7.69. The Hall–Kier alpha value is -0.870. The van der Waals surface area contributed by atoms with Crippen molar-refractivity contribution >= 4 is 17.4 Å². The van der Waals surface area contributed by atoms with Gasteiger partial charge in [-0.2, -0.15) is 0 Å². The van der Waals surface area contributed by atoms with Crippen molar-refractivity contribution in [2.24, 2.45) is 0 Å². The van der Waals surface area contributed by atoms with E-state index in [4.69, 9.17) is 16.3 Å². The van der Waals surface area contributed by atoms with E-state index in [-0.39, 0.29) is 0 Å². The third-order valence-electron chi connectivity index (χ3n) is 2.83. The molecule has 88 valence electrons. The lowest BCUT2D eigenvalue weighted by atomic mass is 10.1. The monoisotopic (exact) mass is 241 g/mol. The summed E-state index contributed by atoms with van der Waals surface area (Å²) in [5, 5.41) is 0.502. The third-order valence-corrected chi connectivity index (χ3v) is 3.02. The highest BCUT2D eigenvalue weighted by Crippen LogP contribution is 2.21. The van der Waals surface area contributed by atoms with Crippen LogP contribution in [0.5, 0.6) is 0 Å². The van der Waals surface area contributed by atoms with Crippen LogP contribution in [0, 0.1) is 6.92 Å². The first-order valence-corrected chi connectivity index (χ1v) is 5.86. The zero-order valence-corrected chi connectivity index (χ0v) is 10.4. The van der Waals surface area contributed by atoms with Crippen molar-refractivity contribution in [3.05, 3.63) is 17.0 Å². The van der Waals surface area contributed by atoms with Gasteiger partial charge in [0.05, 0.1) is 6.10 Å². The maximum Gasteiger partial charge on any atom is 0.134 e. The van der Waals surface area contributed by atoms with Crippen molar-refractivity contribution in [3.63, 3.8) is 0 Å². The summed E-state index contributed by atoms with van der Waals surface area (Å²) in [4.78, 5) is 10.7. The number of aromatic nitrogens is 2. The lowest BCUT2D eigenvalue weighted by Crippen LogP contribution is -2.39. The summed E-state index contributed by atoms with van der Waals surface area (Å²) in [7, 11) is 1.76. The fraction of sp³-hybridized carbons (Fsp3) is 0.636. The molecule has 0 N–H and O–H groups in total. The van der Waals surface area contributed by atoms with Crippen molar-refractivity contribution in [2.75, 3.05) is 25.1 Å². The number of rotatable bonds is 2. The maximum absolute atomic E-state index is 5.93. The average molecular weight is 242 g/mol. The summed E-state index contributed by atoms with van der Waals surface area (Å²) < 4.78 is 5.39. The Kier molecular flexibility index (Phi) is 3.61. The summed E-state index contributed by atoms with van der Waals surface area (Å²) >= 11 is 5.93. The molecule has 0 bridgehead atoms. The van der Waals surface area contributed by atoms with Crippen LogP contribution in [0.15, 0.2) is 6.07 Å². The normalized spacial score (nSPS) is 21.2. The number of methoxy groups -OCH3 is 1. The number of nitrogens with zero attached hydrogens (tertiary/aromatic N) is 3. The highest BCUT2D eigenvalue weighted by Gasteiger charge is 2.20. The van der Waals surface area contributed by atoms with Gasteiger partial charge in [0, 0.05) is 26.3 Å². The van der Waals surface area contributed by atoms with Gasteiger partial charge in [-0.3, -0.25) is 0 Å². The molecule has 0 spiro atoms. The molecule has 4 nitrogen and oxygen atoms in total. The lowest BCUT2D eigenvalue weighted by Gasteiger charge is -2.32. The molecule has 1 aromatic rings. The molecule has 1 saturated heterocycles. The van der Waals surface area contributed by atoms with Crippen molar-refractivity contribution < 1.29 is 4.74 Å². The zero-order valence-electron chi connectivity index (χ0n) is 9.61. The van der Waals surface area contributed by atoms with Gasteiger partial charge in [-0.1, -0.05) is 11.6 Å². The van der Waals surface area contributed by atoms with Crippen LogP contribution in [0.2, 0.25) is 5.15 Å². The summed E-state index contributed by atoms with van der Waals surface area (Å²) in [5.74, 6) is 1.61. The van der Waals surface area contributed by atoms with E-state index in [0.29, 0.717) is 17.1 Å². The molecule has 0 aliphatic carbocycles. The van der Waals surface area contributed by atoms with Gasteiger partial charge in [-0.25, -0.2) is 9.97 Å². The van der Waals surface area contributed by atoms with E-state index in [2.05, 4.69) is 14.9 Å². The second kappa shape index (κ2) is 4.97. The molecule has 16 heavy (non-hydrogen) atoms. The van der Waals surface area contributed by atoms with Crippen molar-refractivity contribution in [1.82, 2.24) is 9.97 Å². The quantitative estimate of drug-likeness (QED) is 0.743. The molecule has 2 rings (SSSR count). The van der Waals surface area contributed by atoms with Crippen LogP contribution >= 0.6 is 11.6 Å². The molecule has 0 aromatic carbocycles. The molecular formula is C11H16ClN3O. The number of hydrogen-bond acceptors (Lipinski definition) is 4. The van der Waals surface area contributed by atoms with Crippen molar-refractivity contribution in [2.45, 2.75) is 25.9 Å². The van der Waals surface area contributed by atoms with Crippen LogP contribution in [0.3, 0.4) is 0 Å². The average Bonchev–Trinajstić information content (AvgIpc) is 2.28. The molecule has 1 aromatic heterocycles. The van der Waals surface area contributed by atoms with Gasteiger partial charge in [-0.05, 0) is 19.8 Å². The zero-order chi connectivity index (χ0) is 11.5. The maximum atomic E-state index is 5.93. The highest BCUT2D eigenvalue weighted by molar-refractivity contribution is 6.29. The predicted octanol–water partition coefficient (Wildman–Crippen LogP) is 2.05. The Morgan fingerprint density at radius 2 is 2.31 bits per heavy atom. The molecule has 0 amide bonds. The van der Waals surface area contributed by atoms with Crippen LogP contribution in [0.1, 0.15) is 18.7 Å². The van der Waals surface area contributed by atoms with Crippen molar-refractivity contribution in [1.29, 1.82) is 0 Å². The number of hydrogen-bond donors (Lipinski definition) is 0. The van der Waals surface area contributed by atoms with E-state index in [0.717, 1.165) is 31.7 Å². The molecule has 1 aliphatic rings. The van der Waals surface area contributed by atoms with E-state index in [1.165, 1.54) is 0 Å². The number of piperidine rings is 1. The first kappa shape index (κ1) is 11.6. The van der Waals surface area contributed by atoms with Gasteiger partial charge in [0.1, 0.15) is 16.8 Å². The van der Waals surface area contributed by atoms with E-state index in [1.54, 1.807) is 7.11 Å².